The molecule has 2 aliphatic rings. The monoisotopic (exact) mass is 1020 g/mol. The number of carbonyl (C=O) groups is 4. The second kappa shape index (κ2) is 23.4. The van der Waals surface area contributed by atoms with Gasteiger partial charge in [0.25, 0.3) is 5.91 Å². The number of thiocarbonyl (C=S) groups is 1. The van der Waals surface area contributed by atoms with Gasteiger partial charge in [0.1, 0.15) is 29.8 Å². The zero-order chi connectivity index (χ0) is 51.7. The van der Waals surface area contributed by atoms with Crippen molar-refractivity contribution in [3.8, 4) is 22.4 Å². The van der Waals surface area contributed by atoms with E-state index in [0.717, 1.165) is 46.7 Å². The molecule has 4 heterocycles. The van der Waals surface area contributed by atoms with Crippen molar-refractivity contribution in [2.75, 3.05) is 49.4 Å². The number of nitriles is 1. The van der Waals surface area contributed by atoms with Gasteiger partial charge in [-0.05, 0) is 106 Å². The number of benzene rings is 2. The maximum atomic E-state index is 15.3. The highest BCUT2D eigenvalue weighted by atomic mass is 32.1. The first-order chi connectivity index (χ1) is 33.6. The van der Waals surface area contributed by atoms with Crippen molar-refractivity contribution in [2.45, 2.75) is 110 Å². The Morgan fingerprint density at radius 2 is 1.68 bits per heavy atom. The highest BCUT2D eigenvalue weighted by molar-refractivity contribution is 7.81. The molecule has 0 saturated carbocycles. The van der Waals surface area contributed by atoms with E-state index >= 15 is 4.39 Å². The maximum Gasteiger partial charge on any atom is 0.420 e. The summed E-state index contributed by atoms with van der Waals surface area (Å²) in [6, 6.07) is 12.7. The summed E-state index contributed by atoms with van der Waals surface area (Å²) in [6.45, 7) is 12.6. The number of hydrogen-bond donors (Lipinski definition) is 2. The van der Waals surface area contributed by atoms with Crippen LogP contribution in [0.5, 0.6) is 5.88 Å². The number of likely N-dealkylation sites (tertiary alicyclic amines) is 1. The van der Waals surface area contributed by atoms with Crippen LogP contribution in [0.2, 0.25) is 0 Å². The average molecular weight is 1020 g/mol. The number of anilines is 2. The molecule has 2 unspecified atom stereocenters. The quantitative estimate of drug-likeness (QED) is 0.0465. The molecule has 380 valence electrons. The lowest BCUT2D eigenvalue weighted by Gasteiger charge is -2.35. The molecular weight excluding hydrogens is 965 g/mol. The van der Waals surface area contributed by atoms with E-state index in [4.69, 9.17) is 31.7 Å². The first kappa shape index (κ1) is 54.3. The van der Waals surface area contributed by atoms with Gasteiger partial charge in [0, 0.05) is 39.0 Å². The number of aromatic nitrogens is 2. The molecule has 0 spiro atoms. The number of nitrogens with one attached hydrogen (secondary N) is 2. The van der Waals surface area contributed by atoms with Gasteiger partial charge in [0.15, 0.2) is 10.9 Å². The molecule has 2 aliphatic heterocycles. The van der Waals surface area contributed by atoms with E-state index in [1.165, 1.54) is 31.0 Å². The molecule has 4 amide bonds. The molecule has 21 heteroatoms. The van der Waals surface area contributed by atoms with Gasteiger partial charge in [0.05, 0.1) is 51.9 Å². The smallest absolute Gasteiger partial charge is 0.420 e. The predicted octanol–water partition coefficient (Wildman–Crippen LogP) is 8.27. The first-order valence-corrected chi connectivity index (χ1v) is 24.5. The fourth-order valence-corrected chi connectivity index (χ4v) is 9.64. The molecular formula is C50H58F4N8O7S2. The standard InChI is InChI=1S/C50H58F4N8O7S2/c1-31-42(71-30-58-31)33-15-13-32(14-16-33)27-57-44(64)37-12-10-21-60(37)45(65)43(48(2,3)4)59-38(63)29-68-24-11-23-67-22-8-7-9-25-69-39-20-18-35(28-56-39)62-47(70)61(46(66)49(62,5)6)36-19-17-34(26-55)40(41(36)51)50(52,53)54/h13-20,28,30,37,43H,7-12,21-25,27,29H2,1-6H3,(H,57,64)(H,59,63). The van der Waals surface area contributed by atoms with E-state index in [-0.39, 0.29) is 36.0 Å². The fourth-order valence-electron chi connectivity index (χ4n) is 8.31. The van der Waals surface area contributed by atoms with Crippen molar-refractivity contribution in [3.63, 3.8) is 0 Å². The van der Waals surface area contributed by atoms with Crippen LogP contribution in [0.1, 0.15) is 95.5 Å². The van der Waals surface area contributed by atoms with Crippen LogP contribution in [0.4, 0.5) is 28.9 Å². The van der Waals surface area contributed by atoms with Crippen LogP contribution >= 0.6 is 23.6 Å². The molecule has 0 radical (unpaired) electrons. The molecule has 2 aromatic carbocycles. The summed E-state index contributed by atoms with van der Waals surface area (Å²) < 4.78 is 73.6. The SMILES string of the molecule is Cc1ncsc1-c1ccc(CNC(=O)C2CCCN2C(=O)C(NC(=O)COCCCOCCCCCOc2ccc(N3C(=S)N(c4ccc(C#N)c(C(F)(F)F)c4F)C(=O)C3(C)C)cn2)C(C)(C)C)cc1. The van der Waals surface area contributed by atoms with Gasteiger partial charge in [-0.25, -0.2) is 14.4 Å². The Hall–Kier alpha value is -6.08. The number of pyridine rings is 1. The van der Waals surface area contributed by atoms with Gasteiger partial charge in [-0.2, -0.15) is 18.4 Å². The number of alkyl halides is 3. The Kier molecular flexibility index (Phi) is 17.9. The predicted molar refractivity (Wildman–Crippen MR) is 263 cm³/mol. The van der Waals surface area contributed by atoms with Crippen LogP contribution in [-0.4, -0.2) is 101 Å². The van der Waals surface area contributed by atoms with Gasteiger partial charge in [-0.3, -0.25) is 24.1 Å². The van der Waals surface area contributed by atoms with Crippen molar-refractivity contribution in [3.05, 3.63) is 88.4 Å². The molecule has 6 rings (SSSR count). The van der Waals surface area contributed by atoms with Crippen molar-refractivity contribution in [1.82, 2.24) is 25.5 Å². The van der Waals surface area contributed by atoms with Gasteiger partial charge < -0.3 is 34.6 Å². The Bertz CT molecular complexity index is 2600. The topological polar surface area (TPSA) is 179 Å². The summed E-state index contributed by atoms with van der Waals surface area (Å²) in [5.41, 5.74) is -0.360. The molecule has 2 N–H and O–H groups in total. The Morgan fingerprint density at radius 3 is 2.32 bits per heavy atom. The molecule has 2 atom stereocenters. The van der Waals surface area contributed by atoms with E-state index in [1.54, 1.807) is 28.4 Å². The lowest BCUT2D eigenvalue weighted by atomic mass is 9.85. The highest BCUT2D eigenvalue weighted by Gasteiger charge is 2.52. The number of carbonyl (C=O) groups excluding carboxylic acids is 4. The van der Waals surface area contributed by atoms with Crippen LogP contribution in [0.15, 0.2) is 60.2 Å². The zero-order valence-electron chi connectivity index (χ0n) is 40.5. The van der Waals surface area contributed by atoms with E-state index < -0.39 is 63.7 Å². The van der Waals surface area contributed by atoms with Crippen LogP contribution in [0.3, 0.4) is 0 Å². The van der Waals surface area contributed by atoms with Gasteiger partial charge >= 0.3 is 6.18 Å². The zero-order valence-corrected chi connectivity index (χ0v) is 42.1. The third-order valence-corrected chi connectivity index (χ3v) is 13.4. The van der Waals surface area contributed by atoms with Crippen LogP contribution in [0, 0.1) is 29.5 Å². The molecule has 15 nitrogen and oxygen atoms in total. The summed E-state index contributed by atoms with van der Waals surface area (Å²) in [5, 5.41) is 14.7. The van der Waals surface area contributed by atoms with E-state index in [1.807, 2.05) is 57.5 Å². The molecule has 0 aliphatic carbocycles. The lowest BCUT2D eigenvalue weighted by Crippen LogP contribution is -2.58. The van der Waals surface area contributed by atoms with E-state index in [9.17, 15) is 32.3 Å². The second-order valence-corrected chi connectivity index (χ2v) is 20.0. The second-order valence-electron chi connectivity index (χ2n) is 18.8. The van der Waals surface area contributed by atoms with Crippen LogP contribution in [-0.2, 0) is 41.4 Å². The third kappa shape index (κ3) is 13.1. The minimum Gasteiger partial charge on any atom is -0.478 e. The molecule has 2 fully saturated rings. The van der Waals surface area contributed by atoms with Crippen LogP contribution in [0.25, 0.3) is 10.4 Å². The highest BCUT2D eigenvalue weighted by Crippen LogP contribution is 2.42. The molecule has 2 aromatic heterocycles. The lowest BCUT2D eigenvalue weighted by molar-refractivity contribution is -0.144. The summed E-state index contributed by atoms with van der Waals surface area (Å²) in [7, 11) is 0. The Morgan fingerprint density at radius 1 is 0.972 bits per heavy atom. The van der Waals surface area contributed by atoms with Gasteiger partial charge in [-0.1, -0.05) is 45.0 Å². The number of amides is 4. The summed E-state index contributed by atoms with van der Waals surface area (Å²) in [6.07, 6.45) is 0.223. The van der Waals surface area contributed by atoms with Gasteiger partial charge in [0.2, 0.25) is 23.6 Å². The van der Waals surface area contributed by atoms with Crippen molar-refractivity contribution >= 4 is 63.7 Å². The summed E-state index contributed by atoms with van der Waals surface area (Å²) in [5.74, 6) is -3.23. The van der Waals surface area contributed by atoms with Crippen molar-refractivity contribution in [2.24, 2.45) is 5.41 Å². The third-order valence-electron chi connectivity index (χ3n) is 12.1. The Balaban J connectivity index is 0.848. The largest absolute Gasteiger partial charge is 0.478 e. The summed E-state index contributed by atoms with van der Waals surface area (Å²) >= 11 is 7.07. The average Bonchev–Trinajstić information content (AvgIpc) is 4.03. The fraction of sp³-hybridized carbons (Fsp3) is 0.480. The van der Waals surface area contributed by atoms with Gasteiger partial charge in [-0.15, -0.1) is 11.3 Å². The van der Waals surface area contributed by atoms with E-state index in [0.29, 0.717) is 69.2 Å². The van der Waals surface area contributed by atoms with Crippen molar-refractivity contribution in [1.29, 1.82) is 5.26 Å². The Labute approximate surface area is 419 Å². The van der Waals surface area contributed by atoms with Crippen molar-refractivity contribution < 1.29 is 51.0 Å². The number of unbranched alkanes of at least 4 members (excludes halogenated alkanes) is 2. The molecule has 71 heavy (non-hydrogen) atoms. The minimum atomic E-state index is -5.19. The maximum absolute atomic E-state index is 15.3. The number of halogens is 4. The number of ether oxygens (including phenoxy) is 3. The number of hydrogen-bond acceptors (Lipinski definition) is 12. The first-order valence-electron chi connectivity index (χ1n) is 23.2. The van der Waals surface area contributed by atoms with E-state index in [2.05, 4.69) is 20.6 Å². The normalized spacial score (nSPS) is 16.3. The number of aryl methyl sites for hydroxylation is 1. The number of nitrogens with zero attached hydrogens (tertiary/aromatic N) is 6. The number of thiazole rings is 1. The molecule has 0 bridgehead atoms. The number of rotatable bonds is 21. The van der Waals surface area contributed by atoms with Crippen LogP contribution < -0.4 is 25.2 Å². The molecule has 4 aromatic rings. The molecule has 2 saturated heterocycles. The summed E-state index contributed by atoms with van der Waals surface area (Å²) in [4.78, 5) is 67.1. The minimum absolute atomic E-state index is 0.231.